The van der Waals surface area contributed by atoms with Crippen LogP contribution < -0.4 is 9.80 Å². The molecule has 1 saturated carbocycles. The Labute approximate surface area is 137 Å². The van der Waals surface area contributed by atoms with Crippen molar-refractivity contribution < 1.29 is 4.79 Å². The van der Waals surface area contributed by atoms with Crippen molar-refractivity contribution in [1.29, 1.82) is 0 Å². The van der Waals surface area contributed by atoms with Crippen LogP contribution in [0.5, 0.6) is 0 Å². The van der Waals surface area contributed by atoms with Gasteiger partial charge in [0.1, 0.15) is 0 Å². The summed E-state index contributed by atoms with van der Waals surface area (Å²) in [6.07, 6.45) is 10.3. The molecule has 0 bridgehead atoms. The van der Waals surface area contributed by atoms with Crippen LogP contribution in [0.25, 0.3) is 0 Å². The molecule has 1 fully saturated rings. The number of carbonyl (C=O) groups excluding carboxylic acids is 1. The standard InChI is InChI=1S/C16H20AsClN2O/c1-5-16(4,6-2)20-14(21)12-9-11(18)10-19-13(12)17-15(3)7-8-15/h1,9-10,17H,6-8H2,2-4H3,(H,20,21)/t16-/m0/s1. The van der Waals surface area contributed by atoms with Gasteiger partial charge >= 0.3 is 138 Å². The van der Waals surface area contributed by atoms with E-state index >= 15 is 0 Å². The Morgan fingerprint density at radius 2 is 2.33 bits per heavy atom. The molecule has 3 nitrogen and oxygen atoms in total. The molecule has 1 unspecified atom stereocenters. The first kappa shape index (κ1) is 16.4. The van der Waals surface area contributed by atoms with Crippen molar-refractivity contribution in [3.63, 3.8) is 0 Å². The molecule has 0 spiro atoms. The van der Waals surface area contributed by atoms with E-state index in [4.69, 9.17) is 18.0 Å². The predicted octanol–water partition coefficient (Wildman–Crippen LogP) is 2.30. The van der Waals surface area contributed by atoms with Crippen LogP contribution in [-0.4, -0.2) is 32.2 Å². The van der Waals surface area contributed by atoms with Gasteiger partial charge in [-0.15, -0.1) is 0 Å². The zero-order valence-corrected chi connectivity index (χ0v) is 15.4. The first-order valence-corrected chi connectivity index (χ1v) is 9.52. The van der Waals surface area contributed by atoms with Gasteiger partial charge in [0.2, 0.25) is 0 Å². The molecule has 21 heavy (non-hydrogen) atoms. The number of pyridine rings is 1. The summed E-state index contributed by atoms with van der Waals surface area (Å²) in [5.74, 6) is 2.48. The van der Waals surface area contributed by atoms with Crippen molar-refractivity contribution in [3.8, 4) is 12.3 Å². The summed E-state index contributed by atoms with van der Waals surface area (Å²) < 4.78 is 1.32. The van der Waals surface area contributed by atoms with Crippen LogP contribution >= 0.6 is 11.6 Å². The van der Waals surface area contributed by atoms with Crippen LogP contribution in [0, 0.1) is 12.3 Å². The molecule has 1 heterocycles. The van der Waals surface area contributed by atoms with E-state index in [0.717, 1.165) is 4.48 Å². The van der Waals surface area contributed by atoms with Crippen molar-refractivity contribution in [3.05, 3.63) is 22.8 Å². The summed E-state index contributed by atoms with van der Waals surface area (Å²) in [5.41, 5.74) is -0.0503. The summed E-state index contributed by atoms with van der Waals surface area (Å²) in [7, 11) is 0. The van der Waals surface area contributed by atoms with Crippen LogP contribution in [0.2, 0.25) is 9.23 Å². The van der Waals surface area contributed by atoms with Gasteiger partial charge in [-0.1, -0.05) is 0 Å². The van der Waals surface area contributed by atoms with Crippen LogP contribution in [0.4, 0.5) is 0 Å². The molecule has 5 heteroatoms. The Balaban J connectivity index is 2.27. The molecule has 112 valence electrons. The number of carbonyl (C=O) groups is 1. The molecule has 1 aromatic rings. The van der Waals surface area contributed by atoms with Gasteiger partial charge in [-0.25, -0.2) is 0 Å². The number of amides is 1. The summed E-state index contributed by atoms with van der Waals surface area (Å²) in [6, 6.07) is 1.71. The van der Waals surface area contributed by atoms with E-state index in [0.29, 0.717) is 21.2 Å². The molecular weight excluding hydrogens is 347 g/mol. The number of hydrogen-bond donors (Lipinski definition) is 1. The Hall–Kier alpha value is -0.972. The fourth-order valence-corrected chi connectivity index (χ4v) is 4.94. The molecule has 0 saturated heterocycles. The van der Waals surface area contributed by atoms with Crippen LogP contribution in [-0.2, 0) is 0 Å². The average molecular weight is 367 g/mol. The van der Waals surface area contributed by atoms with Crippen molar-refractivity contribution >= 4 is 37.7 Å². The van der Waals surface area contributed by atoms with E-state index in [1.807, 2.05) is 13.8 Å². The maximum atomic E-state index is 12.6. The van der Waals surface area contributed by atoms with Gasteiger partial charge in [-0.05, 0) is 0 Å². The van der Waals surface area contributed by atoms with E-state index in [1.54, 1.807) is 12.3 Å². The Kier molecular flexibility index (Phi) is 4.71. The third kappa shape index (κ3) is 4.02. The number of aromatic nitrogens is 1. The Morgan fingerprint density at radius 1 is 1.67 bits per heavy atom. The quantitative estimate of drug-likeness (QED) is 0.642. The fourth-order valence-electron chi connectivity index (χ4n) is 1.85. The first-order valence-electron chi connectivity index (χ1n) is 7.05. The van der Waals surface area contributed by atoms with E-state index in [9.17, 15) is 4.79 Å². The molecule has 0 aliphatic heterocycles. The second kappa shape index (κ2) is 6.03. The topological polar surface area (TPSA) is 42.0 Å². The molecule has 1 aliphatic carbocycles. The van der Waals surface area contributed by atoms with Gasteiger partial charge in [0, 0.05) is 0 Å². The Bertz CT molecular complexity index is 607. The molecule has 2 rings (SSSR count). The number of halogens is 1. The summed E-state index contributed by atoms with van der Waals surface area (Å²) in [4.78, 5) is 17.0. The molecule has 2 atom stereocenters. The maximum absolute atomic E-state index is 12.6. The van der Waals surface area contributed by atoms with E-state index in [1.165, 1.54) is 12.8 Å². The van der Waals surface area contributed by atoms with Gasteiger partial charge in [0.15, 0.2) is 0 Å². The normalized spacial score (nSPS) is 19.0. The van der Waals surface area contributed by atoms with E-state index < -0.39 is 21.3 Å². The van der Waals surface area contributed by atoms with Gasteiger partial charge < -0.3 is 0 Å². The van der Waals surface area contributed by atoms with Crippen molar-refractivity contribution in [2.24, 2.45) is 0 Å². The van der Waals surface area contributed by atoms with Crippen LogP contribution in [0.3, 0.4) is 0 Å². The second-order valence-electron chi connectivity index (χ2n) is 6.02. The minimum absolute atomic E-state index is 0.171. The van der Waals surface area contributed by atoms with Gasteiger partial charge in [-0.3, -0.25) is 0 Å². The van der Waals surface area contributed by atoms with E-state index in [2.05, 4.69) is 23.1 Å². The zero-order chi connectivity index (χ0) is 15.7. The molecular formula is C16H20AsClN2O. The molecule has 1 N–H and O–H groups in total. The number of nitrogens with one attached hydrogen (secondary N) is 1. The molecule has 0 aromatic carbocycles. The summed E-state index contributed by atoms with van der Waals surface area (Å²) in [5, 5.41) is 3.41. The number of terminal acetylenes is 1. The summed E-state index contributed by atoms with van der Waals surface area (Å²) >= 11 is 5.56. The van der Waals surface area contributed by atoms with Crippen molar-refractivity contribution in [2.75, 3.05) is 0 Å². The zero-order valence-electron chi connectivity index (χ0n) is 12.6. The second-order valence-corrected chi connectivity index (χ2v) is 10.5. The monoisotopic (exact) mass is 366 g/mol. The fraction of sp³-hybridized carbons (Fsp3) is 0.500. The van der Waals surface area contributed by atoms with Gasteiger partial charge in [0.05, 0.1) is 0 Å². The van der Waals surface area contributed by atoms with Crippen molar-refractivity contribution in [2.45, 2.75) is 49.8 Å². The summed E-state index contributed by atoms with van der Waals surface area (Å²) in [6.45, 7) is 6.07. The average Bonchev–Trinajstić information content (AvgIpc) is 3.18. The molecule has 1 aliphatic rings. The van der Waals surface area contributed by atoms with Gasteiger partial charge in [0.25, 0.3) is 0 Å². The SMILES string of the molecule is C#C[C@@](C)(CC)NC(=O)c1cc(Cl)cnc1[AsH]C1(C)CC1. The molecule has 1 amide bonds. The van der Waals surface area contributed by atoms with Crippen molar-refractivity contribution in [1.82, 2.24) is 10.3 Å². The Morgan fingerprint density at radius 3 is 2.86 bits per heavy atom. The molecule has 1 aromatic heterocycles. The van der Waals surface area contributed by atoms with Crippen LogP contribution in [0.1, 0.15) is 50.4 Å². The predicted molar refractivity (Wildman–Crippen MR) is 88.6 cm³/mol. The van der Waals surface area contributed by atoms with E-state index in [-0.39, 0.29) is 5.91 Å². The first-order chi connectivity index (χ1) is 9.81. The van der Waals surface area contributed by atoms with Gasteiger partial charge in [-0.2, -0.15) is 0 Å². The number of nitrogens with zero attached hydrogens (tertiary/aromatic N) is 1. The third-order valence-corrected chi connectivity index (χ3v) is 7.79. The third-order valence-electron chi connectivity index (χ3n) is 3.93. The van der Waals surface area contributed by atoms with Crippen LogP contribution in [0.15, 0.2) is 12.3 Å². The number of rotatable bonds is 5. The molecule has 0 radical (unpaired) electrons. The number of hydrogen-bond acceptors (Lipinski definition) is 2. The minimum atomic E-state index is -0.639.